The average molecular weight is 244 g/mol. The Morgan fingerprint density at radius 2 is 2.11 bits per heavy atom. The molecule has 0 unspecified atom stereocenters. The summed E-state index contributed by atoms with van der Waals surface area (Å²) in [4.78, 5) is 13.7. The van der Waals surface area contributed by atoms with E-state index in [1.807, 2.05) is 0 Å². The first-order chi connectivity index (χ1) is 8.66. The number of non-ortho nitro benzene ring substituents is 1. The number of aromatic nitrogens is 1. The Kier molecular flexibility index (Phi) is 3.24. The van der Waals surface area contributed by atoms with Crippen molar-refractivity contribution in [3.05, 3.63) is 52.8 Å². The standard InChI is InChI=1S/C11H8N4O3/c16-11-6-9(15(17)18)3-4-10(11)14-13-8-2-1-5-12-7-8/h1-7,16H. The highest BCUT2D eigenvalue weighted by Gasteiger charge is 2.09. The number of phenols is 1. The fourth-order valence-electron chi connectivity index (χ4n) is 1.23. The molecule has 0 amide bonds. The van der Waals surface area contributed by atoms with Gasteiger partial charge in [-0.2, -0.15) is 0 Å². The number of hydrogen-bond acceptors (Lipinski definition) is 6. The van der Waals surface area contributed by atoms with Crippen LogP contribution in [0.1, 0.15) is 0 Å². The first-order valence-corrected chi connectivity index (χ1v) is 4.96. The van der Waals surface area contributed by atoms with Gasteiger partial charge in [-0.05, 0) is 18.2 Å². The van der Waals surface area contributed by atoms with E-state index in [1.165, 1.54) is 18.3 Å². The highest BCUT2D eigenvalue weighted by molar-refractivity contribution is 5.56. The molecule has 0 atom stereocenters. The Morgan fingerprint density at radius 3 is 2.72 bits per heavy atom. The predicted octanol–water partition coefficient (Wildman–Crippen LogP) is 3.11. The van der Waals surface area contributed by atoms with Gasteiger partial charge in [-0.1, -0.05) is 0 Å². The van der Waals surface area contributed by atoms with E-state index in [9.17, 15) is 15.2 Å². The molecule has 0 saturated heterocycles. The lowest BCUT2D eigenvalue weighted by Crippen LogP contribution is -1.86. The molecular weight excluding hydrogens is 236 g/mol. The van der Waals surface area contributed by atoms with Gasteiger partial charge in [0, 0.05) is 12.3 Å². The first-order valence-electron chi connectivity index (χ1n) is 4.96. The van der Waals surface area contributed by atoms with Crippen molar-refractivity contribution in [2.45, 2.75) is 0 Å². The molecule has 0 radical (unpaired) electrons. The molecule has 1 aromatic carbocycles. The van der Waals surface area contributed by atoms with Crippen LogP contribution < -0.4 is 0 Å². The summed E-state index contributed by atoms with van der Waals surface area (Å²) in [7, 11) is 0. The first kappa shape index (κ1) is 11.6. The molecule has 0 aliphatic rings. The number of nitro benzene ring substituents is 1. The molecule has 2 aromatic rings. The molecule has 7 heteroatoms. The number of rotatable bonds is 3. The van der Waals surface area contributed by atoms with E-state index in [0.29, 0.717) is 5.69 Å². The maximum Gasteiger partial charge on any atom is 0.273 e. The fraction of sp³-hybridized carbons (Fsp3) is 0. The van der Waals surface area contributed by atoms with E-state index in [4.69, 9.17) is 0 Å². The highest BCUT2D eigenvalue weighted by atomic mass is 16.6. The third kappa shape index (κ3) is 2.64. The van der Waals surface area contributed by atoms with Gasteiger partial charge in [-0.15, -0.1) is 10.2 Å². The van der Waals surface area contributed by atoms with Crippen molar-refractivity contribution >= 4 is 17.1 Å². The fourth-order valence-corrected chi connectivity index (χ4v) is 1.23. The van der Waals surface area contributed by atoms with Crippen LogP contribution in [0.2, 0.25) is 0 Å². The monoisotopic (exact) mass is 244 g/mol. The molecule has 0 fully saturated rings. The molecule has 0 aliphatic heterocycles. The van der Waals surface area contributed by atoms with Gasteiger partial charge in [-0.3, -0.25) is 15.1 Å². The van der Waals surface area contributed by atoms with Crippen LogP contribution in [0.25, 0.3) is 0 Å². The number of nitro groups is 1. The maximum absolute atomic E-state index is 10.5. The Labute approximate surface area is 102 Å². The van der Waals surface area contributed by atoms with E-state index in [1.54, 1.807) is 18.3 Å². The second-order valence-corrected chi connectivity index (χ2v) is 3.34. The van der Waals surface area contributed by atoms with Crippen LogP contribution in [0.5, 0.6) is 5.75 Å². The largest absolute Gasteiger partial charge is 0.505 e. The van der Waals surface area contributed by atoms with Gasteiger partial charge in [0.25, 0.3) is 5.69 Å². The summed E-state index contributed by atoms with van der Waals surface area (Å²) >= 11 is 0. The van der Waals surface area contributed by atoms with Crippen LogP contribution >= 0.6 is 0 Å². The van der Waals surface area contributed by atoms with Gasteiger partial charge in [0.05, 0.1) is 17.2 Å². The molecule has 0 bridgehead atoms. The molecule has 18 heavy (non-hydrogen) atoms. The minimum absolute atomic E-state index is 0.157. The van der Waals surface area contributed by atoms with Crippen LogP contribution in [0.3, 0.4) is 0 Å². The summed E-state index contributed by atoms with van der Waals surface area (Å²) in [6.45, 7) is 0. The van der Waals surface area contributed by atoms with Crippen molar-refractivity contribution in [3.8, 4) is 5.75 Å². The molecule has 1 heterocycles. The van der Waals surface area contributed by atoms with Crippen molar-refractivity contribution < 1.29 is 10.0 Å². The molecule has 7 nitrogen and oxygen atoms in total. The Morgan fingerprint density at radius 1 is 1.28 bits per heavy atom. The molecule has 2 rings (SSSR count). The minimum atomic E-state index is -0.595. The van der Waals surface area contributed by atoms with E-state index in [-0.39, 0.29) is 17.1 Å². The van der Waals surface area contributed by atoms with Gasteiger partial charge < -0.3 is 5.11 Å². The van der Waals surface area contributed by atoms with Gasteiger partial charge in [0.15, 0.2) is 0 Å². The lowest BCUT2D eigenvalue weighted by atomic mass is 10.2. The number of nitrogens with zero attached hydrogens (tertiary/aromatic N) is 4. The molecule has 1 N–H and O–H groups in total. The van der Waals surface area contributed by atoms with Gasteiger partial charge in [0.1, 0.15) is 17.1 Å². The third-order valence-corrected chi connectivity index (χ3v) is 2.09. The summed E-state index contributed by atoms with van der Waals surface area (Å²) < 4.78 is 0. The Balaban J connectivity index is 2.25. The third-order valence-electron chi connectivity index (χ3n) is 2.09. The van der Waals surface area contributed by atoms with Crippen molar-refractivity contribution in [1.29, 1.82) is 0 Å². The van der Waals surface area contributed by atoms with Crippen molar-refractivity contribution in [1.82, 2.24) is 4.98 Å². The molecule has 90 valence electrons. The zero-order chi connectivity index (χ0) is 13.0. The zero-order valence-electron chi connectivity index (χ0n) is 9.09. The smallest absolute Gasteiger partial charge is 0.273 e. The van der Waals surface area contributed by atoms with E-state index in [0.717, 1.165) is 6.07 Å². The summed E-state index contributed by atoms with van der Waals surface area (Å²) in [5.41, 5.74) is 0.479. The molecule has 0 spiro atoms. The second-order valence-electron chi connectivity index (χ2n) is 3.34. The summed E-state index contributed by atoms with van der Waals surface area (Å²) in [5, 5.41) is 27.7. The maximum atomic E-state index is 10.5. The van der Waals surface area contributed by atoms with E-state index >= 15 is 0 Å². The number of hydrogen-bond donors (Lipinski definition) is 1. The Hall–Kier alpha value is -2.83. The summed E-state index contributed by atoms with van der Waals surface area (Å²) in [6, 6.07) is 6.99. The second kappa shape index (κ2) is 5.00. The summed E-state index contributed by atoms with van der Waals surface area (Å²) in [5.74, 6) is -0.295. The van der Waals surface area contributed by atoms with Crippen LogP contribution in [-0.2, 0) is 0 Å². The van der Waals surface area contributed by atoms with Crippen LogP contribution in [0, 0.1) is 10.1 Å². The average Bonchev–Trinajstić information content (AvgIpc) is 2.38. The van der Waals surface area contributed by atoms with Crippen LogP contribution in [-0.4, -0.2) is 15.0 Å². The number of phenolic OH excluding ortho intramolecular Hbond substituents is 1. The summed E-state index contributed by atoms with van der Waals surface area (Å²) in [6.07, 6.45) is 3.11. The topological polar surface area (TPSA) is 101 Å². The van der Waals surface area contributed by atoms with Crippen molar-refractivity contribution in [2.24, 2.45) is 10.2 Å². The Bertz CT molecular complexity index is 598. The lowest BCUT2D eigenvalue weighted by molar-refractivity contribution is -0.384. The van der Waals surface area contributed by atoms with Gasteiger partial charge in [0.2, 0.25) is 0 Å². The number of pyridine rings is 1. The molecule has 0 aliphatic carbocycles. The zero-order valence-corrected chi connectivity index (χ0v) is 9.09. The van der Waals surface area contributed by atoms with Crippen LogP contribution in [0.4, 0.5) is 17.1 Å². The van der Waals surface area contributed by atoms with E-state index < -0.39 is 4.92 Å². The molecule has 1 aromatic heterocycles. The predicted molar refractivity (Wildman–Crippen MR) is 63.2 cm³/mol. The molecule has 0 saturated carbocycles. The lowest BCUT2D eigenvalue weighted by Gasteiger charge is -1.97. The van der Waals surface area contributed by atoms with Gasteiger partial charge >= 0.3 is 0 Å². The van der Waals surface area contributed by atoms with Gasteiger partial charge in [-0.25, -0.2) is 0 Å². The van der Waals surface area contributed by atoms with Crippen LogP contribution in [0.15, 0.2) is 53.0 Å². The quantitative estimate of drug-likeness (QED) is 0.509. The van der Waals surface area contributed by atoms with Crippen molar-refractivity contribution in [2.75, 3.05) is 0 Å². The minimum Gasteiger partial charge on any atom is -0.505 e. The number of azo groups is 1. The van der Waals surface area contributed by atoms with E-state index in [2.05, 4.69) is 15.2 Å². The molecular formula is C11H8N4O3. The highest BCUT2D eigenvalue weighted by Crippen LogP contribution is 2.31. The SMILES string of the molecule is O=[N+]([O-])c1ccc(N=Nc2cccnc2)c(O)c1. The number of benzene rings is 1. The van der Waals surface area contributed by atoms with Crippen molar-refractivity contribution in [3.63, 3.8) is 0 Å². The normalized spacial score (nSPS) is 10.7. The number of aromatic hydroxyl groups is 1.